The highest BCUT2D eigenvalue weighted by molar-refractivity contribution is 5.95. The zero-order valence-corrected chi connectivity index (χ0v) is 18.9. The molecule has 1 aliphatic heterocycles. The summed E-state index contributed by atoms with van der Waals surface area (Å²) >= 11 is 0. The number of hydrogen-bond acceptors (Lipinski definition) is 4. The zero-order chi connectivity index (χ0) is 21.8. The Morgan fingerprint density at radius 3 is 2.35 bits per heavy atom. The first-order valence-corrected chi connectivity index (χ1v) is 11.6. The van der Waals surface area contributed by atoms with Crippen LogP contribution in [0.3, 0.4) is 0 Å². The third kappa shape index (κ3) is 5.04. The van der Waals surface area contributed by atoms with Crippen molar-refractivity contribution in [1.82, 2.24) is 14.9 Å². The highest BCUT2D eigenvalue weighted by atomic mass is 19.1. The lowest BCUT2D eigenvalue weighted by Crippen LogP contribution is -2.33. The average Bonchev–Trinajstić information content (AvgIpc) is 3.65. The van der Waals surface area contributed by atoms with E-state index in [2.05, 4.69) is 39.4 Å². The Hall–Kier alpha value is -2.53. The van der Waals surface area contributed by atoms with Crippen LogP contribution in [-0.4, -0.2) is 41.5 Å². The van der Waals surface area contributed by atoms with Crippen molar-refractivity contribution in [1.29, 1.82) is 0 Å². The van der Waals surface area contributed by atoms with Gasteiger partial charge >= 0.3 is 0 Å². The second-order valence-electron chi connectivity index (χ2n) is 8.59. The number of nitrogens with one attached hydrogen (secondary N) is 1. The summed E-state index contributed by atoms with van der Waals surface area (Å²) in [6, 6.07) is 11.1. The Labute approximate surface area is 184 Å². The number of nitrogens with zero attached hydrogens (tertiary/aromatic N) is 3. The number of hydrogen-bond donors (Lipinski definition) is 1. The molecule has 2 heterocycles. The molecule has 0 bridgehead atoms. The Bertz CT molecular complexity index is 1010. The van der Waals surface area contributed by atoms with Gasteiger partial charge in [0.15, 0.2) is 0 Å². The van der Waals surface area contributed by atoms with Gasteiger partial charge in [-0.2, -0.15) is 0 Å². The van der Waals surface area contributed by atoms with Crippen molar-refractivity contribution in [3.05, 3.63) is 54.1 Å². The van der Waals surface area contributed by atoms with E-state index in [0.29, 0.717) is 11.8 Å². The highest BCUT2D eigenvalue weighted by Gasteiger charge is 2.27. The second kappa shape index (κ2) is 9.73. The third-order valence-electron chi connectivity index (χ3n) is 6.36. The van der Waals surface area contributed by atoms with Gasteiger partial charge in [-0.1, -0.05) is 26.0 Å². The monoisotopic (exact) mass is 420 g/mol. The van der Waals surface area contributed by atoms with E-state index in [4.69, 9.17) is 0 Å². The molecule has 164 valence electrons. The van der Waals surface area contributed by atoms with Crippen LogP contribution in [-0.2, 0) is 0 Å². The van der Waals surface area contributed by atoms with Crippen LogP contribution in [0.15, 0.2) is 42.7 Å². The molecule has 2 fully saturated rings. The van der Waals surface area contributed by atoms with Crippen LogP contribution in [0.1, 0.15) is 51.0 Å². The van der Waals surface area contributed by atoms with Crippen LogP contribution in [0.2, 0.25) is 0 Å². The topological polar surface area (TPSA) is 41.0 Å². The van der Waals surface area contributed by atoms with E-state index in [-0.39, 0.29) is 5.82 Å². The van der Waals surface area contributed by atoms with Crippen molar-refractivity contribution in [3.8, 4) is 11.1 Å². The molecule has 2 aromatic carbocycles. The van der Waals surface area contributed by atoms with Crippen molar-refractivity contribution >= 4 is 16.7 Å². The van der Waals surface area contributed by atoms with Gasteiger partial charge in [-0.05, 0) is 98.6 Å². The molecule has 5 heteroatoms. The van der Waals surface area contributed by atoms with Crippen LogP contribution in [0.4, 0.5) is 10.2 Å². The van der Waals surface area contributed by atoms with E-state index in [1.54, 1.807) is 6.33 Å². The Morgan fingerprint density at radius 1 is 0.968 bits per heavy atom. The minimum absolute atomic E-state index is 0.208. The number of aromatic nitrogens is 2. The molecule has 0 spiro atoms. The fraction of sp³-hybridized carbons (Fsp3) is 0.462. The number of benzene rings is 2. The van der Waals surface area contributed by atoms with E-state index in [1.165, 1.54) is 43.4 Å². The normalized spacial score (nSPS) is 17.3. The van der Waals surface area contributed by atoms with Gasteiger partial charge in [-0.15, -0.1) is 0 Å². The SMILES string of the molecule is CC.CN1CCC(CNc2ncnc3c(C4CC4)cc(-c4ccc(F)cc4)cc23)CC1. The highest BCUT2D eigenvalue weighted by Crippen LogP contribution is 2.45. The van der Waals surface area contributed by atoms with Gasteiger partial charge in [0.05, 0.1) is 5.52 Å². The van der Waals surface area contributed by atoms with E-state index < -0.39 is 0 Å². The number of rotatable bonds is 5. The minimum Gasteiger partial charge on any atom is -0.369 e. The summed E-state index contributed by atoms with van der Waals surface area (Å²) in [5.74, 6) is 1.97. The van der Waals surface area contributed by atoms with Gasteiger partial charge in [0.25, 0.3) is 0 Å². The first-order chi connectivity index (χ1) is 15.2. The molecule has 1 N–H and O–H groups in total. The van der Waals surface area contributed by atoms with Crippen molar-refractivity contribution < 1.29 is 4.39 Å². The van der Waals surface area contributed by atoms with Crippen molar-refractivity contribution in [2.24, 2.45) is 5.92 Å². The summed E-state index contributed by atoms with van der Waals surface area (Å²) in [6.45, 7) is 7.27. The molecule has 1 aliphatic carbocycles. The van der Waals surface area contributed by atoms with Gasteiger partial charge in [0, 0.05) is 11.9 Å². The molecule has 31 heavy (non-hydrogen) atoms. The molecule has 1 aromatic heterocycles. The predicted molar refractivity (Wildman–Crippen MR) is 127 cm³/mol. The van der Waals surface area contributed by atoms with Crippen LogP contribution < -0.4 is 5.32 Å². The molecular weight excluding hydrogens is 387 g/mol. The summed E-state index contributed by atoms with van der Waals surface area (Å²) in [6.07, 6.45) is 6.55. The number of likely N-dealkylation sites (tertiary alicyclic amines) is 1. The number of anilines is 1. The van der Waals surface area contributed by atoms with E-state index in [0.717, 1.165) is 47.5 Å². The van der Waals surface area contributed by atoms with E-state index >= 15 is 0 Å². The maximum atomic E-state index is 13.4. The largest absolute Gasteiger partial charge is 0.369 e. The fourth-order valence-corrected chi connectivity index (χ4v) is 4.36. The van der Waals surface area contributed by atoms with Crippen LogP contribution in [0.25, 0.3) is 22.0 Å². The summed E-state index contributed by atoms with van der Waals surface area (Å²) < 4.78 is 13.4. The molecular formula is C26H33FN4. The molecule has 0 atom stereocenters. The van der Waals surface area contributed by atoms with Crippen molar-refractivity contribution in [2.75, 3.05) is 32.0 Å². The number of fused-ring (bicyclic) bond motifs is 1. The van der Waals surface area contributed by atoms with Gasteiger partial charge in [-0.3, -0.25) is 0 Å². The van der Waals surface area contributed by atoms with E-state index in [9.17, 15) is 4.39 Å². The van der Waals surface area contributed by atoms with Crippen molar-refractivity contribution in [2.45, 2.75) is 45.4 Å². The molecule has 0 radical (unpaired) electrons. The van der Waals surface area contributed by atoms with Gasteiger partial charge in [-0.25, -0.2) is 14.4 Å². The van der Waals surface area contributed by atoms with E-state index in [1.807, 2.05) is 26.0 Å². The summed E-state index contributed by atoms with van der Waals surface area (Å²) in [5, 5.41) is 4.69. The number of piperidine rings is 1. The molecule has 1 saturated carbocycles. The minimum atomic E-state index is -0.208. The lowest BCUT2D eigenvalue weighted by molar-refractivity contribution is 0.226. The van der Waals surface area contributed by atoms with Crippen LogP contribution in [0, 0.1) is 11.7 Å². The zero-order valence-electron chi connectivity index (χ0n) is 18.9. The van der Waals surface area contributed by atoms with Gasteiger partial charge < -0.3 is 10.2 Å². The maximum absolute atomic E-state index is 13.4. The molecule has 5 rings (SSSR count). The van der Waals surface area contributed by atoms with Gasteiger partial charge in [0.1, 0.15) is 18.0 Å². The van der Waals surface area contributed by atoms with Crippen molar-refractivity contribution in [3.63, 3.8) is 0 Å². The first-order valence-electron chi connectivity index (χ1n) is 11.6. The van der Waals surface area contributed by atoms with Gasteiger partial charge in [0.2, 0.25) is 0 Å². The molecule has 2 aliphatic rings. The lowest BCUT2D eigenvalue weighted by atomic mass is 9.96. The predicted octanol–water partition coefficient (Wildman–Crippen LogP) is 6.09. The molecule has 0 amide bonds. The Balaban J connectivity index is 0.00000112. The lowest BCUT2D eigenvalue weighted by Gasteiger charge is -2.29. The average molecular weight is 421 g/mol. The summed E-state index contributed by atoms with van der Waals surface area (Å²) in [7, 11) is 2.19. The second-order valence-corrected chi connectivity index (χ2v) is 8.59. The summed E-state index contributed by atoms with van der Waals surface area (Å²) in [4.78, 5) is 11.6. The fourth-order valence-electron chi connectivity index (χ4n) is 4.36. The van der Waals surface area contributed by atoms with Crippen LogP contribution >= 0.6 is 0 Å². The standard InChI is InChI=1S/C24H27FN4.C2H6/c1-29-10-8-16(9-11-29)14-26-24-22-13-19(17-4-6-20(25)7-5-17)12-21(18-2-3-18)23(22)27-15-28-24;1-2/h4-7,12-13,15-16,18H,2-3,8-11,14H2,1H3,(H,26,27,28);1-2H3. The summed E-state index contributed by atoms with van der Waals surface area (Å²) in [5.41, 5.74) is 4.49. The maximum Gasteiger partial charge on any atom is 0.137 e. The Kier molecular flexibility index (Phi) is 6.81. The third-order valence-corrected chi connectivity index (χ3v) is 6.36. The molecule has 1 saturated heterocycles. The quantitative estimate of drug-likeness (QED) is 0.542. The molecule has 4 nitrogen and oxygen atoms in total. The molecule has 3 aromatic rings. The first kappa shape index (κ1) is 21.7. The molecule has 0 unspecified atom stereocenters. The Morgan fingerprint density at radius 2 is 1.68 bits per heavy atom. The van der Waals surface area contributed by atoms with Crippen LogP contribution in [0.5, 0.6) is 0 Å². The number of halogens is 1. The smallest absolute Gasteiger partial charge is 0.137 e.